The van der Waals surface area contributed by atoms with Crippen LogP contribution in [0.25, 0.3) is 0 Å². The van der Waals surface area contributed by atoms with Crippen molar-refractivity contribution in [2.45, 2.75) is 37.6 Å². The largest absolute Gasteiger partial charge is 0.271 e. The molecule has 3 nitrogen and oxygen atoms in total. The summed E-state index contributed by atoms with van der Waals surface area (Å²) in [4.78, 5) is 4.49. The highest BCUT2D eigenvalue weighted by Crippen LogP contribution is 2.34. The number of hydrazine groups is 1. The monoisotopic (exact) mass is 239 g/mol. The van der Waals surface area contributed by atoms with Gasteiger partial charge in [-0.2, -0.15) is 0 Å². The number of halogens is 1. The van der Waals surface area contributed by atoms with Crippen LogP contribution in [0.5, 0.6) is 0 Å². The van der Waals surface area contributed by atoms with Crippen LogP contribution in [-0.2, 0) is 6.42 Å². The first kappa shape index (κ1) is 11.8. The molecule has 0 spiro atoms. The molecule has 2 atom stereocenters. The third-order valence-electron chi connectivity index (χ3n) is 3.35. The molecular weight excluding hydrogens is 222 g/mol. The van der Waals surface area contributed by atoms with Crippen LogP contribution in [0, 0.1) is 0 Å². The van der Waals surface area contributed by atoms with E-state index < -0.39 is 0 Å². The number of fused-ring (bicyclic) bond motifs is 1. The Hall–Kier alpha value is -0.640. The molecule has 0 saturated carbocycles. The highest BCUT2D eigenvalue weighted by atomic mass is 35.5. The zero-order chi connectivity index (χ0) is 11.4. The van der Waals surface area contributed by atoms with Crippen molar-refractivity contribution in [3.63, 3.8) is 0 Å². The second-order valence-corrected chi connectivity index (χ2v) is 4.68. The van der Waals surface area contributed by atoms with Crippen molar-refractivity contribution in [3.05, 3.63) is 29.6 Å². The fourth-order valence-corrected chi connectivity index (χ4v) is 2.69. The third kappa shape index (κ3) is 2.37. The van der Waals surface area contributed by atoms with E-state index in [9.17, 15) is 0 Å². The van der Waals surface area contributed by atoms with Gasteiger partial charge in [-0.1, -0.05) is 6.07 Å². The predicted octanol–water partition coefficient (Wildman–Crippen LogP) is 1.96. The number of alkyl halides is 1. The molecule has 0 amide bonds. The van der Waals surface area contributed by atoms with Gasteiger partial charge in [-0.25, -0.2) is 0 Å². The summed E-state index contributed by atoms with van der Waals surface area (Å²) in [6, 6.07) is 4.47. The van der Waals surface area contributed by atoms with Crippen LogP contribution in [0.15, 0.2) is 18.3 Å². The Morgan fingerprint density at radius 2 is 2.50 bits per heavy atom. The third-order valence-corrected chi connectivity index (χ3v) is 3.62. The van der Waals surface area contributed by atoms with Crippen LogP contribution in [0.1, 0.15) is 36.4 Å². The van der Waals surface area contributed by atoms with E-state index in [1.165, 1.54) is 11.3 Å². The van der Waals surface area contributed by atoms with Gasteiger partial charge in [0.15, 0.2) is 0 Å². The van der Waals surface area contributed by atoms with E-state index in [1.54, 1.807) is 0 Å². The molecule has 4 heteroatoms. The molecule has 88 valence electrons. The number of rotatable bonds is 5. The molecule has 2 rings (SSSR count). The molecule has 0 fully saturated rings. The lowest BCUT2D eigenvalue weighted by Gasteiger charge is -2.22. The number of pyridine rings is 1. The molecule has 0 aromatic carbocycles. The Bertz CT molecular complexity index is 343. The number of aromatic nitrogens is 1. The van der Waals surface area contributed by atoms with E-state index >= 15 is 0 Å². The first-order valence-corrected chi connectivity index (χ1v) is 6.36. The number of hydrogen-bond acceptors (Lipinski definition) is 3. The Kier molecular flexibility index (Phi) is 4.16. The van der Waals surface area contributed by atoms with E-state index in [0.717, 1.165) is 25.7 Å². The molecule has 0 aliphatic heterocycles. The van der Waals surface area contributed by atoms with Gasteiger partial charge in [-0.05, 0) is 37.3 Å². The van der Waals surface area contributed by atoms with E-state index in [-0.39, 0.29) is 0 Å². The summed E-state index contributed by atoms with van der Waals surface area (Å²) in [7, 11) is 0. The lowest BCUT2D eigenvalue weighted by atomic mass is 9.94. The van der Waals surface area contributed by atoms with E-state index in [2.05, 4.69) is 16.5 Å². The van der Waals surface area contributed by atoms with E-state index in [0.29, 0.717) is 17.8 Å². The Morgan fingerprint density at radius 1 is 1.62 bits per heavy atom. The summed E-state index contributed by atoms with van der Waals surface area (Å²) < 4.78 is 0. The molecule has 16 heavy (non-hydrogen) atoms. The average Bonchev–Trinajstić information content (AvgIpc) is 2.75. The molecule has 1 aliphatic carbocycles. The van der Waals surface area contributed by atoms with Crippen LogP contribution in [0.3, 0.4) is 0 Å². The van der Waals surface area contributed by atoms with E-state index in [1.807, 2.05) is 12.3 Å². The minimum atomic E-state index is 0.301. The van der Waals surface area contributed by atoms with Gasteiger partial charge in [0.25, 0.3) is 0 Å². The van der Waals surface area contributed by atoms with E-state index in [4.69, 9.17) is 17.4 Å². The molecular formula is C12H18ClN3. The number of nitrogens with zero attached hydrogens (tertiary/aromatic N) is 1. The molecule has 2 unspecified atom stereocenters. The SMILES string of the molecule is NNC(CCCCl)C1CCc2cccnc21. The summed E-state index contributed by atoms with van der Waals surface area (Å²) in [5.74, 6) is 6.77. The van der Waals surface area contributed by atoms with Gasteiger partial charge in [0.1, 0.15) is 0 Å². The van der Waals surface area contributed by atoms with Gasteiger partial charge in [-0.15, -0.1) is 11.6 Å². The van der Waals surface area contributed by atoms with Crippen LogP contribution < -0.4 is 11.3 Å². The molecule has 0 bridgehead atoms. The second-order valence-electron chi connectivity index (χ2n) is 4.30. The van der Waals surface area contributed by atoms with Crippen molar-refractivity contribution in [2.75, 3.05) is 5.88 Å². The lowest BCUT2D eigenvalue weighted by Crippen LogP contribution is -2.39. The highest BCUT2D eigenvalue weighted by Gasteiger charge is 2.29. The zero-order valence-electron chi connectivity index (χ0n) is 9.32. The fraction of sp³-hybridized carbons (Fsp3) is 0.583. The summed E-state index contributed by atoms with van der Waals surface area (Å²) in [5.41, 5.74) is 5.52. The molecule has 3 N–H and O–H groups in total. The number of aryl methyl sites for hydroxylation is 1. The van der Waals surface area contributed by atoms with Crippen molar-refractivity contribution < 1.29 is 0 Å². The average molecular weight is 240 g/mol. The minimum Gasteiger partial charge on any atom is -0.271 e. The molecule has 0 radical (unpaired) electrons. The first-order valence-electron chi connectivity index (χ1n) is 5.82. The van der Waals surface area contributed by atoms with Gasteiger partial charge in [-0.3, -0.25) is 16.3 Å². The maximum atomic E-state index is 5.73. The van der Waals surface area contributed by atoms with Gasteiger partial charge in [0.05, 0.1) is 0 Å². The fourth-order valence-electron chi connectivity index (χ4n) is 2.53. The first-order chi connectivity index (χ1) is 7.86. The standard InChI is InChI=1S/C12H18ClN3/c13-7-1-4-11(16-14)10-6-5-9-3-2-8-15-12(9)10/h2-3,8,10-11,16H,1,4-7,14H2. The summed E-state index contributed by atoms with van der Waals surface area (Å²) in [5, 5.41) is 0. The summed E-state index contributed by atoms with van der Waals surface area (Å²) in [6.45, 7) is 0. The topological polar surface area (TPSA) is 50.9 Å². The van der Waals surface area contributed by atoms with Crippen molar-refractivity contribution in [1.82, 2.24) is 10.4 Å². The number of hydrogen-bond donors (Lipinski definition) is 2. The van der Waals surface area contributed by atoms with Crippen LogP contribution in [0.4, 0.5) is 0 Å². The van der Waals surface area contributed by atoms with Crippen molar-refractivity contribution in [2.24, 2.45) is 5.84 Å². The smallest absolute Gasteiger partial charge is 0.0482 e. The Morgan fingerprint density at radius 3 is 3.25 bits per heavy atom. The maximum absolute atomic E-state index is 5.73. The molecule has 1 aromatic heterocycles. The lowest BCUT2D eigenvalue weighted by molar-refractivity contribution is 0.405. The van der Waals surface area contributed by atoms with Crippen molar-refractivity contribution in [1.29, 1.82) is 0 Å². The Labute approximate surface area is 101 Å². The Balaban J connectivity index is 2.10. The number of nitrogens with two attached hydrogens (primary N) is 1. The zero-order valence-corrected chi connectivity index (χ0v) is 10.1. The van der Waals surface area contributed by atoms with Gasteiger partial charge in [0, 0.05) is 29.7 Å². The van der Waals surface area contributed by atoms with Crippen molar-refractivity contribution in [3.8, 4) is 0 Å². The van der Waals surface area contributed by atoms with Crippen LogP contribution in [0.2, 0.25) is 0 Å². The summed E-state index contributed by atoms with van der Waals surface area (Å²) in [6.07, 6.45) is 6.14. The van der Waals surface area contributed by atoms with Crippen LogP contribution in [-0.4, -0.2) is 16.9 Å². The number of nitrogens with one attached hydrogen (secondary N) is 1. The van der Waals surface area contributed by atoms with Gasteiger partial charge < -0.3 is 0 Å². The normalized spacial score (nSPS) is 20.8. The summed E-state index contributed by atoms with van der Waals surface area (Å²) >= 11 is 5.73. The van der Waals surface area contributed by atoms with Crippen LogP contribution >= 0.6 is 11.6 Å². The quantitative estimate of drug-likeness (QED) is 0.469. The van der Waals surface area contributed by atoms with Gasteiger partial charge >= 0.3 is 0 Å². The maximum Gasteiger partial charge on any atom is 0.0482 e. The molecule has 1 heterocycles. The second kappa shape index (κ2) is 5.62. The highest BCUT2D eigenvalue weighted by molar-refractivity contribution is 6.17. The molecule has 1 aliphatic rings. The molecule has 1 aromatic rings. The van der Waals surface area contributed by atoms with Crippen molar-refractivity contribution >= 4 is 11.6 Å². The minimum absolute atomic E-state index is 0.301. The molecule has 0 saturated heterocycles. The predicted molar refractivity (Wildman–Crippen MR) is 66.4 cm³/mol. The van der Waals surface area contributed by atoms with Gasteiger partial charge in [0.2, 0.25) is 0 Å².